The second kappa shape index (κ2) is 7.17. The van der Waals surface area contributed by atoms with Gasteiger partial charge in [-0.25, -0.2) is 4.98 Å². The van der Waals surface area contributed by atoms with Gasteiger partial charge in [0, 0.05) is 44.9 Å². The highest BCUT2D eigenvalue weighted by atomic mass is 16.3. The van der Waals surface area contributed by atoms with Crippen molar-refractivity contribution < 1.29 is 9.90 Å². The molecule has 0 saturated carbocycles. The van der Waals surface area contributed by atoms with Crippen LogP contribution in [0.15, 0.2) is 18.5 Å². The molecule has 2 aromatic heterocycles. The van der Waals surface area contributed by atoms with Crippen molar-refractivity contribution in [3.05, 3.63) is 35.7 Å². The largest absolute Gasteiger partial charge is 0.387 e. The maximum absolute atomic E-state index is 12.6. The Bertz CT molecular complexity index is 704. The normalized spacial score (nSPS) is 15.9. The average Bonchev–Trinajstić information content (AvgIpc) is 3.14. The summed E-state index contributed by atoms with van der Waals surface area (Å²) in [5.74, 6) is 1.16. The van der Waals surface area contributed by atoms with Crippen LogP contribution in [0.1, 0.15) is 50.0 Å². The predicted octanol–water partition coefficient (Wildman–Crippen LogP) is 1.52. The number of aryl methyl sites for hydroxylation is 3. The molecule has 0 fully saturated rings. The Morgan fingerprint density at radius 1 is 1.42 bits per heavy atom. The molecule has 1 aliphatic heterocycles. The van der Waals surface area contributed by atoms with Crippen LogP contribution in [0.5, 0.6) is 0 Å². The number of fused-ring (bicyclic) bond motifs is 1. The van der Waals surface area contributed by atoms with Crippen LogP contribution in [0.3, 0.4) is 0 Å². The van der Waals surface area contributed by atoms with Crippen LogP contribution in [0.2, 0.25) is 0 Å². The monoisotopic (exact) mass is 331 g/mol. The molecular weight excluding hydrogens is 306 g/mol. The highest BCUT2D eigenvalue weighted by Gasteiger charge is 2.21. The fourth-order valence-electron chi connectivity index (χ4n) is 3.13. The van der Waals surface area contributed by atoms with Crippen molar-refractivity contribution >= 4 is 5.91 Å². The van der Waals surface area contributed by atoms with Crippen molar-refractivity contribution in [2.75, 3.05) is 6.54 Å². The van der Waals surface area contributed by atoms with Gasteiger partial charge in [-0.2, -0.15) is 5.10 Å². The predicted molar refractivity (Wildman–Crippen MR) is 89.1 cm³/mol. The van der Waals surface area contributed by atoms with Crippen LogP contribution in [0.4, 0.5) is 0 Å². The van der Waals surface area contributed by atoms with Crippen molar-refractivity contribution in [1.82, 2.24) is 24.2 Å². The molecule has 0 unspecified atom stereocenters. The zero-order valence-electron chi connectivity index (χ0n) is 14.4. The van der Waals surface area contributed by atoms with Gasteiger partial charge in [0.15, 0.2) is 0 Å². The molecule has 0 radical (unpaired) electrons. The summed E-state index contributed by atoms with van der Waals surface area (Å²) in [7, 11) is 0. The number of rotatable bonds is 5. The molecule has 0 aromatic carbocycles. The first-order chi connectivity index (χ1) is 11.6. The summed E-state index contributed by atoms with van der Waals surface area (Å²) >= 11 is 0. The van der Waals surface area contributed by atoms with Gasteiger partial charge in [-0.3, -0.25) is 9.48 Å². The third-order valence-electron chi connectivity index (χ3n) is 4.50. The smallest absolute Gasteiger partial charge is 0.224 e. The summed E-state index contributed by atoms with van der Waals surface area (Å²) in [5.41, 5.74) is 1.67. The first-order valence-corrected chi connectivity index (χ1v) is 8.61. The zero-order chi connectivity index (χ0) is 17.1. The van der Waals surface area contributed by atoms with E-state index in [0.717, 1.165) is 37.4 Å². The Balaban J connectivity index is 1.64. The summed E-state index contributed by atoms with van der Waals surface area (Å²) in [5, 5.41) is 14.1. The number of carbonyl (C=O) groups excluding carboxylic acids is 1. The van der Waals surface area contributed by atoms with Crippen LogP contribution in [-0.4, -0.2) is 41.8 Å². The molecule has 7 heteroatoms. The lowest BCUT2D eigenvalue weighted by Gasteiger charge is -2.20. The molecule has 0 aliphatic carbocycles. The van der Waals surface area contributed by atoms with E-state index in [1.54, 1.807) is 13.1 Å². The standard InChI is InChI=1S/C17H25N5O2/c1-3-16-18-6-10-20(16)9-5-17(24)21-7-4-8-22-14(12-21)11-15(19-22)13(2)23/h6,10-11,13,23H,3-5,7-9,12H2,1-2H3/t13-/m0/s1. The molecule has 3 rings (SSSR count). The number of aromatic nitrogens is 4. The van der Waals surface area contributed by atoms with Gasteiger partial charge < -0.3 is 14.6 Å². The SMILES string of the molecule is CCc1nccn1CCC(=O)N1CCCn2nc([C@H](C)O)cc2C1. The molecule has 1 aliphatic rings. The summed E-state index contributed by atoms with van der Waals surface area (Å²) in [6.07, 6.45) is 5.35. The van der Waals surface area contributed by atoms with Gasteiger partial charge in [0.25, 0.3) is 0 Å². The summed E-state index contributed by atoms with van der Waals surface area (Å²) in [4.78, 5) is 18.8. The van der Waals surface area contributed by atoms with Crippen LogP contribution < -0.4 is 0 Å². The lowest BCUT2D eigenvalue weighted by atomic mass is 10.2. The Kier molecular flexibility index (Phi) is 4.99. The molecule has 130 valence electrons. The first kappa shape index (κ1) is 16.7. The fraction of sp³-hybridized carbons (Fsp3) is 0.588. The zero-order valence-corrected chi connectivity index (χ0v) is 14.4. The summed E-state index contributed by atoms with van der Waals surface area (Å²) in [6, 6.07) is 1.90. The number of aliphatic hydroxyl groups is 1. The number of imidazole rings is 1. The third kappa shape index (κ3) is 3.51. The second-order valence-electron chi connectivity index (χ2n) is 6.27. The van der Waals surface area contributed by atoms with E-state index < -0.39 is 6.10 Å². The number of nitrogens with zero attached hydrogens (tertiary/aromatic N) is 5. The molecule has 3 heterocycles. The Labute approximate surface area is 141 Å². The number of carbonyl (C=O) groups is 1. The molecule has 1 amide bonds. The van der Waals surface area contributed by atoms with E-state index in [1.807, 2.05) is 26.4 Å². The van der Waals surface area contributed by atoms with Gasteiger partial charge in [0.2, 0.25) is 5.91 Å². The van der Waals surface area contributed by atoms with E-state index in [2.05, 4.69) is 17.0 Å². The van der Waals surface area contributed by atoms with Gasteiger partial charge in [0.05, 0.1) is 24.0 Å². The number of aliphatic hydroxyl groups excluding tert-OH is 1. The van der Waals surface area contributed by atoms with Gasteiger partial charge in [0.1, 0.15) is 5.82 Å². The average molecular weight is 331 g/mol. The Morgan fingerprint density at radius 2 is 2.25 bits per heavy atom. The Hall–Kier alpha value is -2.15. The number of hydrogen-bond acceptors (Lipinski definition) is 4. The molecule has 0 bridgehead atoms. The van der Waals surface area contributed by atoms with Gasteiger partial charge in [-0.15, -0.1) is 0 Å². The van der Waals surface area contributed by atoms with E-state index in [0.29, 0.717) is 25.2 Å². The van der Waals surface area contributed by atoms with Gasteiger partial charge in [-0.1, -0.05) is 6.92 Å². The highest BCUT2D eigenvalue weighted by Crippen LogP contribution is 2.18. The minimum Gasteiger partial charge on any atom is -0.387 e. The maximum Gasteiger partial charge on any atom is 0.224 e. The van der Waals surface area contributed by atoms with Crippen molar-refractivity contribution in [3.63, 3.8) is 0 Å². The van der Waals surface area contributed by atoms with Crippen LogP contribution in [-0.2, 0) is 30.8 Å². The molecular formula is C17H25N5O2. The van der Waals surface area contributed by atoms with Crippen LogP contribution in [0.25, 0.3) is 0 Å². The van der Waals surface area contributed by atoms with E-state index in [1.165, 1.54) is 0 Å². The Morgan fingerprint density at radius 3 is 3.00 bits per heavy atom. The highest BCUT2D eigenvalue weighted by molar-refractivity contribution is 5.76. The molecule has 7 nitrogen and oxygen atoms in total. The first-order valence-electron chi connectivity index (χ1n) is 8.61. The van der Waals surface area contributed by atoms with Crippen LogP contribution >= 0.6 is 0 Å². The molecule has 2 aromatic rings. The van der Waals surface area contributed by atoms with E-state index in [-0.39, 0.29) is 5.91 Å². The second-order valence-corrected chi connectivity index (χ2v) is 6.27. The van der Waals surface area contributed by atoms with Crippen molar-refractivity contribution in [2.45, 2.75) is 58.8 Å². The van der Waals surface area contributed by atoms with E-state index >= 15 is 0 Å². The molecule has 0 saturated heterocycles. The quantitative estimate of drug-likeness (QED) is 0.901. The van der Waals surface area contributed by atoms with Gasteiger partial charge in [-0.05, 0) is 19.4 Å². The van der Waals surface area contributed by atoms with Crippen molar-refractivity contribution in [1.29, 1.82) is 0 Å². The van der Waals surface area contributed by atoms with E-state index in [9.17, 15) is 9.90 Å². The van der Waals surface area contributed by atoms with Crippen LogP contribution in [0, 0.1) is 0 Å². The number of amides is 1. The third-order valence-corrected chi connectivity index (χ3v) is 4.50. The minimum atomic E-state index is -0.581. The molecule has 0 spiro atoms. The van der Waals surface area contributed by atoms with Gasteiger partial charge >= 0.3 is 0 Å². The number of hydrogen-bond donors (Lipinski definition) is 1. The van der Waals surface area contributed by atoms with E-state index in [4.69, 9.17) is 0 Å². The summed E-state index contributed by atoms with van der Waals surface area (Å²) in [6.45, 7) is 6.53. The summed E-state index contributed by atoms with van der Waals surface area (Å²) < 4.78 is 3.96. The molecule has 1 atom stereocenters. The molecule has 1 N–H and O–H groups in total. The lowest BCUT2D eigenvalue weighted by Crippen LogP contribution is -2.31. The molecule has 24 heavy (non-hydrogen) atoms. The lowest BCUT2D eigenvalue weighted by molar-refractivity contribution is -0.132. The maximum atomic E-state index is 12.6. The van der Waals surface area contributed by atoms with Crippen molar-refractivity contribution in [2.24, 2.45) is 0 Å². The fourth-order valence-corrected chi connectivity index (χ4v) is 3.13. The van der Waals surface area contributed by atoms with Crippen molar-refractivity contribution in [3.8, 4) is 0 Å². The minimum absolute atomic E-state index is 0.152. The topological polar surface area (TPSA) is 76.2 Å².